The molecule has 0 spiro atoms. The maximum atomic E-state index is 10.5. The molecule has 0 aliphatic rings. The molecule has 15 heavy (non-hydrogen) atoms. The first-order valence-electron chi connectivity index (χ1n) is 3.15. The molecule has 0 aromatic heterocycles. The van der Waals surface area contributed by atoms with Crippen LogP contribution in [0.3, 0.4) is 0 Å². The molecule has 0 aliphatic heterocycles. The van der Waals surface area contributed by atoms with Gasteiger partial charge in [-0.1, -0.05) is 0 Å². The van der Waals surface area contributed by atoms with Crippen molar-refractivity contribution in [2.24, 2.45) is 0 Å². The standard InChI is InChI=1S/C3H8AsO10P/c5-2(1-13-15(10,11)12)3(6)14-4(7,8)9/h2,5H,1H2,(H2,7,8,9)(H2,10,11,12)/p-2/t2-/m1/s1. The Labute approximate surface area is 86.0 Å². The van der Waals surface area contributed by atoms with Crippen LogP contribution < -0.4 is 8.19 Å². The van der Waals surface area contributed by atoms with E-state index in [0.29, 0.717) is 0 Å². The van der Waals surface area contributed by atoms with E-state index < -0.39 is 41.0 Å². The molecule has 12 heteroatoms. The van der Waals surface area contributed by atoms with Crippen LogP contribution in [0.2, 0.25) is 0 Å². The Kier molecular flexibility index (Phi) is 5.18. The first-order valence-corrected chi connectivity index (χ1v) is 7.74. The molecule has 0 aromatic carbocycles. The molecule has 90 valence electrons. The molecule has 0 bridgehead atoms. The van der Waals surface area contributed by atoms with Gasteiger partial charge in [0.1, 0.15) is 0 Å². The fourth-order valence-corrected chi connectivity index (χ4v) is 1.46. The third kappa shape index (κ3) is 8.79. The summed E-state index contributed by atoms with van der Waals surface area (Å²) in [4.78, 5) is 26.8. The zero-order valence-electron chi connectivity index (χ0n) is 6.88. The van der Waals surface area contributed by atoms with Crippen molar-refractivity contribution in [1.82, 2.24) is 0 Å². The van der Waals surface area contributed by atoms with Crippen LogP contribution in [0.4, 0.5) is 0 Å². The van der Waals surface area contributed by atoms with Gasteiger partial charge in [0, 0.05) is 0 Å². The van der Waals surface area contributed by atoms with Gasteiger partial charge in [-0.2, -0.15) is 0 Å². The molecule has 10 nitrogen and oxygen atoms in total. The molecule has 0 radical (unpaired) electrons. The monoisotopic (exact) mass is 308 g/mol. The van der Waals surface area contributed by atoms with E-state index in [1.54, 1.807) is 0 Å². The molecule has 3 N–H and O–H groups in total. The van der Waals surface area contributed by atoms with Crippen LogP contribution >= 0.6 is 7.82 Å². The molecule has 0 rings (SSSR count). The third-order valence-corrected chi connectivity index (χ3v) is 2.21. The molecule has 0 unspecified atom stereocenters. The van der Waals surface area contributed by atoms with E-state index in [-0.39, 0.29) is 0 Å². The van der Waals surface area contributed by atoms with Crippen molar-refractivity contribution in [3.05, 3.63) is 0 Å². The third-order valence-electron chi connectivity index (χ3n) is 0.874. The number of aliphatic hydroxyl groups excluding tert-OH is 1. The Morgan fingerprint density at radius 1 is 1.47 bits per heavy atom. The second-order valence-electron chi connectivity index (χ2n) is 2.16. The van der Waals surface area contributed by atoms with Gasteiger partial charge in [0.25, 0.3) is 0 Å². The quantitative estimate of drug-likeness (QED) is 0.332. The Hall–Kier alpha value is -0.182. The summed E-state index contributed by atoms with van der Waals surface area (Å²) in [5.74, 6) is -1.85. The van der Waals surface area contributed by atoms with E-state index in [0.717, 1.165) is 0 Å². The summed E-state index contributed by atoms with van der Waals surface area (Å²) in [6.07, 6.45) is -2.27. The van der Waals surface area contributed by atoms with Gasteiger partial charge < -0.3 is 0 Å². The average Bonchev–Trinajstić information content (AvgIpc) is 1.95. The number of phosphoric acid groups is 1. The Bertz CT molecular complexity index is 313. The van der Waals surface area contributed by atoms with Crippen LogP contribution in [-0.4, -0.2) is 48.1 Å². The zero-order valence-corrected chi connectivity index (χ0v) is 9.65. The fourth-order valence-electron chi connectivity index (χ4n) is 0.407. The average molecular weight is 308 g/mol. The Morgan fingerprint density at radius 3 is 2.27 bits per heavy atom. The van der Waals surface area contributed by atoms with Gasteiger partial charge in [0.15, 0.2) is 0 Å². The molecule has 0 heterocycles. The van der Waals surface area contributed by atoms with Crippen molar-refractivity contribution in [3.8, 4) is 0 Å². The predicted molar refractivity (Wildman–Crippen MR) is 36.5 cm³/mol. The van der Waals surface area contributed by atoms with Crippen molar-refractivity contribution in [2.75, 3.05) is 6.61 Å². The molecule has 1 atom stereocenters. The summed E-state index contributed by atoms with van der Waals surface area (Å²) in [5.41, 5.74) is 0. The van der Waals surface area contributed by atoms with Crippen LogP contribution in [0.15, 0.2) is 0 Å². The maximum absolute atomic E-state index is 10.5. The predicted octanol–water partition coefficient (Wildman–Crippen LogP) is -4.41. The van der Waals surface area contributed by atoms with Crippen molar-refractivity contribution in [3.63, 3.8) is 0 Å². The fraction of sp³-hybridized carbons (Fsp3) is 0.667. The molecule has 0 saturated carbocycles. The number of hydrogen-bond acceptors (Lipinski definition) is 8. The molecule has 0 aliphatic carbocycles. The van der Waals surface area contributed by atoms with E-state index in [1.165, 1.54) is 0 Å². The number of aliphatic hydroxyl groups is 1. The van der Waals surface area contributed by atoms with Crippen LogP contribution in [0, 0.1) is 0 Å². The van der Waals surface area contributed by atoms with Crippen LogP contribution in [0.25, 0.3) is 0 Å². The van der Waals surface area contributed by atoms with Crippen molar-refractivity contribution >= 4 is 28.3 Å². The van der Waals surface area contributed by atoms with Gasteiger partial charge in [-0.05, 0) is 0 Å². The summed E-state index contributed by atoms with van der Waals surface area (Å²) in [6, 6.07) is 0. The summed E-state index contributed by atoms with van der Waals surface area (Å²) in [5, 5.41) is 8.71. The molecule has 0 amide bonds. The van der Waals surface area contributed by atoms with E-state index in [4.69, 9.17) is 14.9 Å². The van der Waals surface area contributed by atoms with Crippen molar-refractivity contribution < 1.29 is 44.4 Å². The van der Waals surface area contributed by atoms with Crippen molar-refractivity contribution in [1.29, 1.82) is 0 Å². The van der Waals surface area contributed by atoms with Gasteiger partial charge in [-0.3, -0.25) is 0 Å². The minimum atomic E-state index is -6.19. The second kappa shape index (κ2) is 5.24. The normalized spacial score (nSPS) is 14.7. The molecular weight excluding hydrogens is 302 g/mol. The Morgan fingerprint density at radius 2 is 1.93 bits per heavy atom. The number of rotatable bonds is 5. The summed E-state index contributed by atoms with van der Waals surface area (Å²) >= 11 is -6.19. The minimum absolute atomic E-state index is 1.20. The zero-order chi connectivity index (χ0) is 12.3. The van der Waals surface area contributed by atoms with Gasteiger partial charge in [0.05, 0.1) is 0 Å². The van der Waals surface area contributed by atoms with Crippen LogP contribution in [0.5, 0.6) is 0 Å². The number of carbonyl (C=O) groups excluding carboxylic acids is 1. The SMILES string of the molecule is O=C(O[As](=O)([O-])[O-])[C@H](O)COP(=O)(O)O. The van der Waals surface area contributed by atoms with Gasteiger partial charge in [-0.25, -0.2) is 0 Å². The first kappa shape index (κ1) is 14.8. The van der Waals surface area contributed by atoms with Gasteiger partial charge >= 0.3 is 85.5 Å². The Balaban J connectivity index is 4.12. The molecular formula is C3H6AsO10P-2. The van der Waals surface area contributed by atoms with Gasteiger partial charge in [-0.15, -0.1) is 0 Å². The van der Waals surface area contributed by atoms with E-state index in [2.05, 4.69) is 8.25 Å². The summed E-state index contributed by atoms with van der Waals surface area (Å²) < 4.78 is 46.8. The number of carbonyl (C=O) groups is 1. The van der Waals surface area contributed by atoms with Crippen LogP contribution in [-0.2, 0) is 21.3 Å². The topological polar surface area (TPSA) is 176 Å². The van der Waals surface area contributed by atoms with Crippen molar-refractivity contribution in [2.45, 2.75) is 6.10 Å². The van der Waals surface area contributed by atoms with E-state index in [1.807, 2.05) is 0 Å². The van der Waals surface area contributed by atoms with E-state index in [9.17, 15) is 21.3 Å². The van der Waals surface area contributed by atoms with Crippen LogP contribution in [0.1, 0.15) is 0 Å². The van der Waals surface area contributed by atoms with Gasteiger partial charge in [0.2, 0.25) is 0 Å². The number of phosphoric ester groups is 1. The summed E-state index contributed by atoms with van der Waals surface area (Å²) in [6.45, 7) is -1.20. The number of hydrogen-bond donors (Lipinski definition) is 3. The first-order chi connectivity index (χ1) is 6.51. The molecule has 0 saturated heterocycles. The molecule has 0 aromatic rings. The van der Waals surface area contributed by atoms with E-state index >= 15 is 0 Å². The second-order valence-corrected chi connectivity index (χ2v) is 5.66. The molecule has 0 fully saturated rings. The summed E-state index contributed by atoms with van der Waals surface area (Å²) in [7, 11) is -4.90.